The third-order valence-electron chi connectivity index (χ3n) is 4.12. The van der Waals surface area contributed by atoms with Crippen LogP contribution in [-0.2, 0) is 5.41 Å². The molecular formula is C17H28N2S. The van der Waals surface area contributed by atoms with E-state index in [4.69, 9.17) is 0 Å². The molecule has 0 aromatic heterocycles. The van der Waals surface area contributed by atoms with Crippen LogP contribution in [0.3, 0.4) is 0 Å². The van der Waals surface area contributed by atoms with Gasteiger partial charge >= 0.3 is 0 Å². The van der Waals surface area contributed by atoms with Gasteiger partial charge in [-0.1, -0.05) is 37.3 Å². The lowest BCUT2D eigenvalue weighted by atomic mass is 9.81. The second-order valence-electron chi connectivity index (χ2n) is 6.31. The molecule has 1 aromatic carbocycles. The number of nitrogens with zero attached hydrogens (tertiary/aromatic N) is 1. The van der Waals surface area contributed by atoms with Gasteiger partial charge in [0.15, 0.2) is 0 Å². The van der Waals surface area contributed by atoms with Crippen LogP contribution in [0.4, 0.5) is 0 Å². The Balaban J connectivity index is 2.02. The minimum absolute atomic E-state index is 0.191. The van der Waals surface area contributed by atoms with Crippen LogP contribution in [0.1, 0.15) is 25.3 Å². The average Bonchev–Trinajstić information content (AvgIpc) is 3.28. The standard InChI is InChI=1S/C17H28N2S/c1-17(13-18-16-9-10-16,14-19(2)11-12-20-3)15-7-5-4-6-8-15/h4-8,16,18H,9-14H2,1-3H3. The summed E-state index contributed by atoms with van der Waals surface area (Å²) in [5, 5.41) is 3.73. The van der Waals surface area contributed by atoms with Crippen molar-refractivity contribution < 1.29 is 0 Å². The van der Waals surface area contributed by atoms with Crippen LogP contribution < -0.4 is 5.32 Å². The fraction of sp³-hybridized carbons (Fsp3) is 0.647. The molecule has 0 saturated heterocycles. The zero-order chi connectivity index (χ0) is 14.4. The number of hydrogen-bond donors (Lipinski definition) is 1. The van der Waals surface area contributed by atoms with Crippen molar-refractivity contribution in [2.24, 2.45) is 0 Å². The van der Waals surface area contributed by atoms with Crippen LogP contribution in [0.25, 0.3) is 0 Å². The quantitative estimate of drug-likeness (QED) is 0.753. The largest absolute Gasteiger partial charge is 0.313 e. The first-order chi connectivity index (χ1) is 9.64. The Morgan fingerprint density at radius 2 is 2.00 bits per heavy atom. The predicted molar refractivity (Wildman–Crippen MR) is 90.7 cm³/mol. The molecule has 112 valence electrons. The van der Waals surface area contributed by atoms with E-state index >= 15 is 0 Å². The van der Waals surface area contributed by atoms with Crippen molar-refractivity contribution in [3.63, 3.8) is 0 Å². The predicted octanol–water partition coefficient (Wildman–Crippen LogP) is 2.99. The average molecular weight is 292 g/mol. The van der Waals surface area contributed by atoms with Gasteiger partial charge in [0.05, 0.1) is 0 Å². The molecule has 3 heteroatoms. The normalized spacial score (nSPS) is 18.2. The Morgan fingerprint density at radius 3 is 2.60 bits per heavy atom. The van der Waals surface area contributed by atoms with Crippen LogP contribution in [0.5, 0.6) is 0 Å². The van der Waals surface area contributed by atoms with E-state index in [9.17, 15) is 0 Å². The molecule has 1 atom stereocenters. The lowest BCUT2D eigenvalue weighted by molar-refractivity contribution is 0.260. The summed E-state index contributed by atoms with van der Waals surface area (Å²) in [5.74, 6) is 1.21. The lowest BCUT2D eigenvalue weighted by Gasteiger charge is -2.35. The van der Waals surface area contributed by atoms with E-state index in [2.05, 4.69) is 60.8 Å². The van der Waals surface area contributed by atoms with E-state index < -0.39 is 0 Å². The highest BCUT2D eigenvalue weighted by atomic mass is 32.2. The minimum Gasteiger partial charge on any atom is -0.313 e. The smallest absolute Gasteiger partial charge is 0.0177 e. The molecule has 1 fully saturated rings. The summed E-state index contributed by atoms with van der Waals surface area (Å²) in [6.45, 7) is 5.74. The Hall–Kier alpha value is -0.510. The van der Waals surface area contributed by atoms with Crippen molar-refractivity contribution in [1.29, 1.82) is 0 Å². The maximum absolute atomic E-state index is 3.73. The third kappa shape index (κ3) is 4.80. The Labute approximate surface area is 128 Å². The van der Waals surface area contributed by atoms with Crippen LogP contribution in [0.15, 0.2) is 30.3 Å². The number of hydrogen-bond acceptors (Lipinski definition) is 3. The second-order valence-corrected chi connectivity index (χ2v) is 7.30. The first kappa shape index (κ1) is 15.9. The highest BCUT2D eigenvalue weighted by Crippen LogP contribution is 2.27. The summed E-state index contributed by atoms with van der Waals surface area (Å²) in [6.07, 6.45) is 4.89. The fourth-order valence-electron chi connectivity index (χ4n) is 2.67. The third-order valence-corrected chi connectivity index (χ3v) is 4.72. The summed E-state index contributed by atoms with van der Waals surface area (Å²) in [4.78, 5) is 2.47. The van der Waals surface area contributed by atoms with Gasteiger partial charge in [0, 0.05) is 36.8 Å². The summed E-state index contributed by atoms with van der Waals surface area (Å²) in [5.41, 5.74) is 1.64. The first-order valence-corrected chi connectivity index (χ1v) is 9.00. The molecule has 0 heterocycles. The van der Waals surface area contributed by atoms with Crippen LogP contribution in [0.2, 0.25) is 0 Å². The van der Waals surface area contributed by atoms with E-state index in [1.807, 2.05) is 11.8 Å². The topological polar surface area (TPSA) is 15.3 Å². The van der Waals surface area contributed by atoms with Crippen LogP contribution >= 0.6 is 11.8 Å². The summed E-state index contributed by atoms with van der Waals surface area (Å²) >= 11 is 1.92. The van der Waals surface area contributed by atoms with Crippen molar-refractivity contribution in [3.05, 3.63) is 35.9 Å². The van der Waals surface area contributed by atoms with Crippen molar-refractivity contribution in [1.82, 2.24) is 10.2 Å². The van der Waals surface area contributed by atoms with Gasteiger partial charge in [-0.15, -0.1) is 0 Å². The number of rotatable bonds is 9. The van der Waals surface area contributed by atoms with Gasteiger partial charge in [0.2, 0.25) is 0 Å². The molecule has 1 aliphatic rings. The van der Waals surface area contributed by atoms with Gasteiger partial charge in [0.1, 0.15) is 0 Å². The molecule has 1 unspecified atom stereocenters. The summed E-state index contributed by atoms with van der Waals surface area (Å²) in [7, 11) is 2.24. The molecule has 2 rings (SSSR count). The second kappa shape index (κ2) is 7.48. The highest BCUT2D eigenvalue weighted by molar-refractivity contribution is 7.98. The molecule has 0 bridgehead atoms. The van der Waals surface area contributed by atoms with Crippen molar-refractivity contribution in [2.45, 2.75) is 31.2 Å². The summed E-state index contributed by atoms with van der Waals surface area (Å²) in [6, 6.07) is 11.7. The SMILES string of the molecule is CSCCN(C)CC(C)(CNC1CC1)c1ccccc1. The van der Waals surface area contributed by atoms with Crippen molar-refractivity contribution in [2.75, 3.05) is 38.7 Å². The molecule has 1 saturated carbocycles. The van der Waals surface area contributed by atoms with Gasteiger partial charge in [-0.25, -0.2) is 0 Å². The molecule has 1 N–H and O–H groups in total. The monoisotopic (exact) mass is 292 g/mol. The van der Waals surface area contributed by atoms with Gasteiger partial charge in [-0.05, 0) is 31.7 Å². The molecule has 0 spiro atoms. The van der Waals surface area contributed by atoms with E-state index in [0.29, 0.717) is 0 Å². The van der Waals surface area contributed by atoms with Gasteiger partial charge < -0.3 is 10.2 Å². The first-order valence-electron chi connectivity index (χ1n) is 7.60. The molecule has 1 aromatic rings. The lowest BCUT2D eigenvalue weighted by Crippen LogP contribution is -2.45. The maximum Gasteiger partial charge on any atom is 0.0177 e. The molecule has 1 aliphatic carbocycles. The molecule has 2 nitrogen and oxygen atoms in total. The van der Waals surface area contributed by atoms with E-state index in [1.54, 1.807) is 0 Å². The Bertz CT molecular complexity index is 391. The Kier molecular flexibility index (Phi) is 5.94. The molecule has 0 aliphatic heterocycles. The summed E-state index contributed by atoms with van der Waals surface area (Å²) < 4.78 is 0. The number of thioether (sulfide) groups is 1. The highest BCUT2D eigenvalue weighted by Gasteiger charge is 2.31. The number of nitrogens with one attached hydrogen (secondary N) is 1. The Morgan fingerprint density at radius 1 is 1.30 bits per heavy atom. The number of likely N-dealkylation sites (N-methyl/N-ethyl adjacent to an activating group) is 1. The molecular weight excluding hydrogens is 264 g/mol. The van der Waals surface area contributed by atoms with E-state index in [0.717, 1.165) is 25.7 Å². The van der Waals surface area contributed by atoms with Gasteiger partial charge in [-0.2, -0.15) is 11.8 Å². The van der Waals surface area contributed by atoms with Crippen molar-refractivity contribution in [3.8, 4) is 0 Å². The fourth-order valence-corrected chi connectivity index (χ4v) is 3.16. The number of benzene rings is 1. The zero-order valence-electron chi connectivity index (χ0n) is 13.1. The molecule has 20 heavy (non-hydrogen) atoms. The van der Waals surface area contributed by atoms with Crippen molar-refractivity contribution >= 4 is 11.8 Å². The zero-order valence-corrected chi connectivity index (χ0v) is 13.9. The van der Waals surface area contributed by atoms with Gasteiger partial charge in [0.25, 0.3) is 0 Å². The minimum atomic E-state index is 0.191. The van der Waals surface area contributed by atoms with Crippen LogP contribution in [0, 0.1) is 0 Å². The van der Waals surface area contributed by atoms with E-state index in [-0.39, 0.29) is 5.41 Å². The van der Waals surface area contributed by atoms with Gasteiger partial charge in [-0.3, -0.25) is 0 Å². The maximum atomic E-state index is 3.73. The van der Waals surface area contributed by atoms with E-state index in [1.165, 1.54) is 24.2 Å². The molecule has 0 radical (unpaired) electrons. The molecule has 0 amide bonds. The van der Waals surface area contributed by atoms with Crippen LogP contribution in [-0.4, -0.2) is 49.6 Å².